The van der Waals surface area contributed by atoms with Crippen LogP contribution in [0.2, 0.25) is 0 Å². The highest BCUT2D eigenvalue weighted by Crippen LogP contribution is 2.23. The Labute approximate surface area is 113 Å². The van der Waals surface area contributed by atoms with Gasteiger partial charge >= 0.3 is 0 Å². The van der Waals surface area contributed by atoms with Gasteiger partial charge in [0, 0.05) is 11.3 Å². The maximum Gasteiger partial charge on any atom is 0.248 e. The summed E-state index contributed by atoms with van der Waals surface area (Å²) in [7, 11) is 0. The molecule has 1 amide bonds. The predicted molar refractivity (Wildman–Crippen MR) is 73.4 cm³/mol. The average molecular weight is 309 g/mol. The van der Waals surface area contributed by atoms with Crippen LogP contribution in [0.25, 0.3) is 0 Å². The van der Waals surface area contributed by atoms with Crippen molar-refractivity contribution in [3.8, 4) is 0 Å². The number of hydrogen-bond donors (Lipinski definition) is 2. The van der Waals surface area contributed by atoms with Gasteiger partial charge in [0.1, 0.15) is 5.76 Å². The van der Waals surface area contributed by atoms with Crippen molar-refractivity contribution in [3.63, 3.8) is 0 Å². The van der Waals surface area contributed by atoms with Crippen molar-refractivity contribution in [2.24, 2.45) is 5.73 Å². The van der Waals surface area contributed by atoms with Gasteiger partial charge in [0.15, 0.2) is 4.67 Å². The van der Waals surface area contributed by atoms with Gasteiger partial charge in [-0.15, -0.1) is 0 Å². The highest BCUT2D eigenvalue weighted by molar-refractivity contribution is 9.10. The van der Waals surface area contributed by atoms with Crippen LogP contribution in [0.5, 0.6) is 0 Å². The van der Waals surface area contributed by atoms with Crippen molar-refractivity contribution in [3.05, 3.63) is 52.4 Å². The van der Waals surface area contributed by atoms with Gasteiger partial charge in [-0.1, -0.05) is 6.07 Å². The molecule has 0 fully saturated rings. The molecule has 0 saturated heterocycles. The molecule has 0 aliphatic rings. The Morgan fingerprint density at radius 3 is 2.78 bits per heavy atom. The number of nitrogens with two attached hydrogens (primary N) is 1. The second-order valence-electron chi connectivity index (χ2n) is 3.95. The zero-order chi connectivity index (χ0) is 13.1. The maximum absolute atomic E-state index is 11.1. The predicted octanol–water partition coefficient (Wildman–Crippen LogP) is 3.31. The number of carbonyl (C=O) groups is 1. The van der Waals surface area contributed by atoms with Crippen LogP contribution in [0.4, 0.5) is 5.69 Å². The number of anilines is 1. The first-order chi connectivity index (χ1) is 8.56. The third-order valence-corrected chi connectivity index (χ3v) is 2.98. The molecule has 3 N–H and O–H groups in total. The number of hydrogen-bond acceptors (Lipinski definition) is 3. The molecule has 0 bridgehead atoms. The smallest absolute Gasteiger partial charge is 0.248 e. The van der Waals surface area contributed by atoms with E-state index in [2.05, 4.69) is 21.2 Å². The normalized spacial score (nSPS) is 12.1. The van der Waals surface area contributed by atoms with Crippen LogP contribution >= 0.6 is 15.9 Å². The number of benzene rings is 1. The third-order valence-electron chi connectivity index (χ3n) is 2.55. The number of halogens is 1. The fourth-order valence-electron chi connectivity index (χ4n) is 1.64. The molecule has 0 aliphatic heterocycles. The van der Waals surface area contributed by atoms with Crippen LogP contribution in [-0.4, -0.2) is 5.91 Å². The Morgan fingerprint density at radius 1 is 1.39 bits per heavy atom. The molecule has 0 spiro atoms. The van der Waals surface area contributed by atoms with E-state index in [0.717, 1.165) is 11.4 Å². The summed E-state index contributed by atoms with van der Waals surface area (Å²) in [6.07, 6.45) is 0. The molecule has 1 unspecified atom stereocenters. The van der Waals surface area contributed by atoms with Crippen LogP contribution in [0, 0.1) is 0 Å². The van der Waals surface area contributed by atoms with Gasteiger partial charge in [-0.3, -0.25) is 4.79 Å². The molecule has 18 heavy (non-hydrogen) atoms. The number of amides is 1. The summed E-state index contributed by atoms with van der Waals surface area (Å²) in [4.78, 5) is 11.1. The Hall–Kier alpha value is -1.75. The van der Waals surface area contributed by atoms with E-state index in [0.29, 0.717) is 10.2 Å². The number of primary amides is 1. The minimum absolute atomic E-state index is 0.000531. The van der Waals surface area contributed by atoms with Crippen LogP contribution in [0.15, 0.2) is 45.5 Å². The molecule has 1 aromatic heterocycles. The van der Waals surface area contributed by atoms with Gasteiger partial charge in [0.25, 0.3) is 0 Å². The van der Waals surface area contributed by atoms with E-state index in [1.54, 1.807) is 18.2 Å². The van der Waals surface area contributed by atoms with Crippen molar-refractivity contribution in [1.29, 1.82) is 0 Å². The first kappa shape index (κ1) is 12.7. The molecule has 2 rings (SSSR count). The summed E-state index contributed by atoms with van der Waals surface area (Å²) in [6, 6.07) is 10.8. The second kappa shape index (κ2) is 5.27. The quantitative estimate of drug-likeness (QED) is 0.910. The van der Waals surface area contributed by atoms with E-state index in [1.807, 2.05) is 25.1 Å². The molecule has 4 nitrogen and oxygen atoms in total. The molecule has 0 saturated carbocycles. The molecule has 2 aromatic rings. The van der Waals surface area contributed by atoms with E-state index in [4.69, 9.17) is 10.2 Å². The molecule has 1 heterocycles. The zero-order valence-corrected chi connectivity index (χ0v) is 11.4. The molecule has 0 aliphatic carbocycles. The molecule has 1 aromatic carbocycles. The Bertz CT molecular complexity index is 566. The summed E-state index contributed by atoms with van der Waals surface area (Å²) in [5.74, 6) is 0.374. The first-order valence-corrected chi connectivity index (χ1v) is 6.27. The topological polar surface area (TPSA) is 68.3 Å². The molecular formula is C13H13BrN2O2. The Kier molecular flexibility index (Phi) is 3.72. The Morgan fingerprint density at radius 2 is 2.17 bits per heavy atom. The summed E-state index contributed by atoms with van der Waals surface area (Å²) in [5.41, 5.74) is 6.54. The van der Waals surface area contributed by atoms with Crippen LogP contribution in [0.1, 0.15) is 29.1 Å². The SMILES string of the molecule is CC(Nc1cccc(C(N)=O)c1)c1ccc(Br)o1. The van der Waals surface area contributed by atoms with Crippen LogP contribution < -0.4 is 11.1 Å². The zero-order valence-electron chi connectivity index (χ0n) is 9.81. The van der Waals surface area contributed by atoms with Crippen molar-refractivity contribution in [2.45, 2.75) is 13.0 Å². The minimum atomic E-state index is -0.438. The van der Waals surface area contributed by atoms with Gasteiger partial charge in [-0.2, -0.15) is 0 Å². The molecule has 0 radical (unpaired) electrons. The number of rotatable bonds is 4. The lowest BCUT2D eigenvalue weighted by Crippen LogP contribution is -2.12. The molecular weight excluding hydrogens is 296 g/mol. The number of furan rings is 1. The lowest BCUT2D eigenvalue weighted by Gasteiger charge is -2.13. The minimum Gasteiger partial charge on any atom is -0.452 e. The third kappa shape index (κ3) is 2.92. The van der Waals surface area contributed by atoms with Gasteiger partial charge < -0.3 is 15.5 Å². The highest BCUT2D eigenvalue weighted by Gasteiger charge is 2.10. The van der Waals surface area contributed by atoms with E-state index in [-0.39, 0.29) is 6.04 Å². The van der Waals surface area contributed by atoms with Crippen molar-refractivity contribution >= 4 is 27.5 Å². The fourth-order valence-corrected chi connectivity index (χ4v) is 1.96. The summed E-state index contributed by atoms with van der Waals surface area (Å²) in [5, 5.41) is 3.24. The second-order valence-corrected chi connectivity index (χ2v) is 4.73. The van der Waals surface area contributed by atoms with E-state index >= 15 is 0 Å². The largest absolute Gasteiger partial charge is 0.452 e. The number of nitrogens with one attached hydrogen (secondary N) is 1. The van der Waals surface area contributed by atoms with E-state index < -0.39 is 5.91 Å². The lowest BCUT2D eigenvalue weighted by atomic mass is 10.1. The van der Waals surface area contributed by atoms with Crippen LogP contribution in [0.3, 0.4) is 0 Å². The summed E-state index contributed by atoms with van der Waals surface area (Å²) in [6.45, 7) is 1.97. The molecule has 94 valence electrons. The van der Waals surface area contributed by atoms with Gasteiger partial charge in [-0.25, -0.2) is 0 Å². The van der Waals surface area contributed by atoms with Crippen molar-refractivity contribution in [1.82, 2.24) is 0 Å². The number of carbonyl (C=O) groups excluding carboxylic acids is 1. The van der Waals surface area contributed by atoms with Crippen LogP contribution in [-0.2, 0) is 0 Å². The summed E-state index contributed by atoms with van der Waals surface area (Å²) >= 11 is 3.26. The highest BCUT2D eigenvalue weighted by atomic mass is 79.9. The van der Waals surface area contributed by atoms with E-state index in [9.17, 15) is 4.79 Å². The van der Waals surface area contributed by atoms with E-state index in [1.165, 1.54) is 0 Å². The van der Waals surface area contributed by atoms with Gasteiger partial charge in [-0.05, 0) is 53.2 Å². The standard InChI is InChI=1S/C13H13BrN2O2/c1-8(11-5-6-12(14)18-11)16-10-4-2-3-9(7-10)13(15)17/h2-8,16H,1H3,(H2,15,17). The average Bonchev–Trinajstić information content (AvgIpc) is 2.76. The lowest BCUT2D eigenvalue weighted by molar-refractivity contribution is 0.100. The molecule has 1 atom stereocenters. The van der Waals surface area contributed by atoms with Gasteiger partial charge in [0.2, 0.25) is 5.91 Å². The van der Waals surface area contributed by atoms with Crippen molar-refractivity contribution in [2.75, 3.05) is 5.32 Å². The Balaban J connectivity index is 2.14. The molecule has 5 heteroatoms. The first-order valence-electron chi connectivity index (χ1n) is 5.48. The van der Waals surface area contributed by atoms with Gasteiger partial charge in [0.05, 0.1) is 6.04 Å². The monoisotopic (exact) mass is 308 g/mol. The maximum atomic E-state index is 11.1. The fraction of sp³-hybridized carbons (Fsp3) is 0.154. The van der Waals surface area contributed by atoms with Crippen molar-refractivity contribution < 1.29 is 9.21 Å². The summed E-state index contributed by atoms with van der Waals surface area (Å²) < 4.78 is 6.15.